The van der Waals surface area contributed by atoms with E-state index >= 15 is 0 Å². The second-order valence-electron chi connectivity index (χ2n) is 5.54. The molecule has 0 aromatic rings. The SMILES string of the molecule is O=C(C1CCCCC1)C1CC(P(=O)(O)O)(P(=O)(O)O)N=N1. The fourth-order valence-electron chi connectivity index (χ4n) is 2.84. The van der Waals surface area contributed by atoms with Crippen LogP contribution in [0.5, 0.6) is 0 Å². The molecule has 0 amide bonds. The van der Waals surface area contributed by atoms with Gasteiger partial charge in [0.25, 0.3) is 5.02 Å². The number of rotatable bonds is 4. The van der Waals surface area contributed by atoms with E-state index in [2.05, 4.69) is 10.2 Å². The number of ketones is 1. The Kier molecular flexibility index (Phi) is 4.55. The number of hydrogen-bond donors (Lipinski definition) is 4. The largest absolute Gasteiger partial charge is 0.367 e. The zero-order valence-corrected chi connectivity index (χ0v) is 13.0. The van der Waals surface area contributed by atoms with Crippen LogP contribution in [0.1, 0.15) is 38.5 Å². The summed E-state index contributed by atoms with van der Waals surface area (Å²) in [5.74, 6) is -0.603. The molecule has 2 aliphatic rings. The summed E-state index contributed by atoms with van der Waals surface area (Å²) in [4.78, 5) is 49.4. The van der Waals surface area contributed by atoms with Crippen molar-refractivity contribution >= 4 is 21.0 Å². The van der Waals surface area contributed by atoms with Gasteiger partial charge in [-0.05, 0) is 12.8 Å². The van der Waals surface area contributed by atoms with Crippen molar-refractivity contribution in [1.82, 2.24) is 0 Å². The van der Waals surface area contributed by atoms with E-state index in [9.17, 15) is 33.5 Å². The van der Waals surface area contributed by atoms with Gasteiger partial charge in [0.05, 0.1) is 0 Å². The number of carbonyl (C=O) groups is 1. The minimum atomic E-state index is -5.26. The number of azo groups is 1. The number of nitrogens with zero attached hydrogens (tertiary/aromatic N) is 2. The molecule has 120 valence electrons. The summed E-state index contributed by atoms with van der Waals surface area (Å²) >= 11 is 0. The highest BCUT2D eigenvalue weighted by molar-refractivity contribution is 7.72. The Hall–Kier alpha value is -0.430. The van der Waals surface area contributed by atoms with E-state index in [1.54, 1.807) is 0 Å². The van der Waals surface area contributed by atoms with Gasteiger partial charge in [-0.2, -0.15) is 10.2 Å². The third-order valence-corrected chi connectivity index (χ3v) is 8.07. The van der Waals surface area contributed by atoms with Crippen molar-refractivity contribution in [3.05, 3.63) is 0 Å². The average Bonchev–Trinajstić information content (AvgIpc) is 2.84. The van der Waals surface area contributed by atoms with Gasteiger partial charge >= 0.3 is 15.2 Å². The fourth-order valence-corrected chi connectivity index (χ4v) is 5.36. The lowest BCUT2D eigenvalue weighted by Gasteiger charge is -2.27. The van der Waals surface area contributed by atoms with Gasteiger partial charge in [0.2, 0.25) is 0 Å². The van der Waals surface area contributed by atoms with E-state index in [-0.39, 0.29) is 11.7 Å². The van der Waals surface area contributed by atoms with Gasteiger partial charge in [-0.1, -0.05) is 19.3 Å². The normalized spacial score (nSPS) is 27.0. The van der Waals surface area contributed by atoms with E-state index in [0.717, 1.165) is 19.3 Å². The number of hydrogen-bond acceptors (Lipinski definition) is 5. The maximum Gasteiger partial charge on any atom is 0.367 e. The Morgan fingerprint density at radius 1 is 1.00 bits per heavy atom. The van der Waals surface area contributed by atoms with Crippen LogP contribution in [0.2, 0.25) is 0 Å². The van der Waals surface area contributed by atoms with E-state index in [0.29, 0.717) is 12.8 Å². The van der Waals surface area contributed by atoms with Crippen molar-refractivity contribution in [2.75, 3.05) is 0 Å². The highest BCUT2D eigenvalue weighted by Gasteiger charge is 2.65. The van der Waals surface area contributed by atoms with Crippen LogP contribution in [0.25, 0.3) is 0 Å². The third-order valence-electron chi connectivity index (χ3n) is 4.09. The van der Waals surface area contributed by atoms with Gasteiger partial charge in [0.15, 0.2) is 5.78 Å². The molecule has 1 atom stereocenters. The second kappa shape index (κ2) is 5.65. The van der Waals surface area contributed by atoms with Gasteiger partial charge in [0, 0.05) is 12.3 Å². The molecule has 1 fully saturated rings. The van der Waals surface area contributed by atoms with Crippen LogP contribution < -0.4 is 0 Å². The van der Waals surface area contributed by atoms with Crippen LogP contribution in [-0.4, -0.2) is 36.4 Å². The lowest BCUT2D eigenvalue weighted by atomic mass is 9.83. The lowest BCUT2D eigenvalue weighted by Crippen LogP contribution is -2.32. The third kappa shape index (κ3) is 3.04. The number of Topliss-reactive ketones (excluding diaryl/α,β-unsaturated/α-hetero) is 1. The predicted molar refractivity (Wildman–Crippen MR) is 71.7 cm³/mol. The summed E-state index contributed by atoms with van der Waals surface area (Å²) in [5.41, 5.74) is 0. The van der Waals surface area contributed by atoms with Gasteiger partial charge in [-0.25, -0.2) is 0 Å². The lowest BCUT2D eigenvalue weighted by molar-refractivity contribution is -0.125. The summed E-state index contributed by atoms with van der Waals surface area (Å²) in [6, 6.07) is -1.19. The molecule has 1 heterocycles. The molecular weight excluding hydrogens is 322 g/mol. The van der Waals surface area contributed by atoms with Crippen molar-refractivity contribution in [2.24, 2.45) is 16.1 Å². The average molecular weight is 340 g/mol. The summed E-state index contributed by atoms with van der Waals surface area (Å²) < 4.78 is 23.0. The summed E-state index contributed by atoms with van der Waals surface area (Å²) in [6.45, 7) is 0. The van der Waals surface area contributed by atoms with Crippen LogP contribution in [0.15, 0.2) is 10.2 Å². The molecule has 11 heteroatoms. The van der Waals surface area contributed by atoms with Crippen LogP contribution in [0.4, 0.5) is 0 Å². The number of carbonyl (C=O) groups excluding carboxylic acids is 1. The standard InChI is InChI=1S/C10H18N2O7P2/c13-9(7-4-2-1-3-5-7)8-6-10(12-11-8,20(14,15)16)21(17,18)19/h7-8H,1-6H2,(H2,14,15,16)(H2,17,18,19). The van der Waals surface area contributed by atoms with E-state index < -0.39 is 32.7 Å². The molecule has 1 saturated carbocycles. The molecule has 0 aromatic heterocycles. The Morgan fingerprint density at radius 3 is 1.95 bits per heavy atom. The van der Waals surface area contributed by atoms with Crippen molar-refractivity contribution in [2.45, 2.75) is 49.6 Å². The molecule has 21 heavy (non-hydrogen) atoms. The monoisotopic (exact) mass is 340 g/mol. The second-order valence-corrected chi connectivity index (χ2v) is 9.54. The molecule has 9 nitrogen and oxygen atoms in total. The van der Waals surface area contributed by atoms with Crippen LogP contribution in [0.3, 0.4) is 0 Å². The molecule has 1 aliphatic heterocycles. The molecule has 2 rings (SSSR count). The molecule has 0 spiro atoms. The molecule has 0 aromatic carbocycles. The Bertz CT molecular complexity index is 524. The topological polar surface area (TPSA) is 157 Å². The predicted octanol–water partition coefficient (Wildman–Crippen LogP) is 1.37. The summed E-state index contributed by atoms with van der Waals surface area (Å²) in [7, 11) is -10.5. The fraction of sp³-hybridized carbons (Fsp3) is 0.900. The van der Waals surface area contributed by atoms with Crippen LogP contribution >= 0.6 is 15.2 Å². The molecule has 0 bridgehead atoms. The van der Waals surface area contributed by atoms with Crippen LogP contribution in [0, 0.1) is 5.92 Å². The van der Waals surface area contributed by atoms with Crippen molar-refractivity contribution < 1.29 is 33.5 Å². The highest BCUT2D eigenvalue weighted by Crippen LogP contribution is 2.73. The molecule has 0 radical (unpaired) electrons. The van der Waals surface area contributed by atoms with E-state index in [1.165, 1.54) is 0 Å². The molecular formula is C10H18N2O7P2. The highest BCUT2D eigenvalue weighted by atomic mass is 31.2. The minimum Gasteiger partial charge on any atom is -0.322 e. The quantitative estimate of drug-likeness (QED) is 0.563. The zero-order chi connectivity index (χ0) is 15.9. The Labute approximate surface area is 121 Å². The smallest absolute Gasteiger partial charge is 0.322 e. The van der Waals surface area contributed by atoms with E-state index in [4.69, 9.17) is 0 Å². The maximum atomic E-state index is 12.3. The summed E-state index contributed by atoms with van der Waals surface area (Å²) in [5, 5.41) is 3.77. The Balaban J connectivity index is 2.22. The molecule has 4 N–H and O–H groups in total. The maximum absolute atomic E-state index is 12.3. The first kappa shape index (κ1) is 16.9. The minimum absolute atomic E-state index is 0.271. The van der Waals surface area contributed by atoms with Gasteiger partial charge < -0.3 is 19.6 Å². The zero-order valence-electron chi connectivity index (χ0n) is 11.2. The molecule has 1 aliphatic carbocycles. The van der Waals surface area contributed by atoms with Gasteiger partial charge in [-0.3, -0.25) is 13.9 Å². The van der Waals surface area contributed by atoms with Gasteiger partial charge in [-0.15, -0.1) is 0 Å². The first-order valence-corrected chi connectivity index (χ1v) is 9.88. The summed E-state index contributed by atoms with van der Waals surface area (Å²) in [6.07, 6.45) is 3.42. The first-order chi connectivity index (χ1) is 9.58. The molecule has 0 saturated heterocycles. The Morgan fingerprint density at radius 2 is 1.52 bits per heavy atom. The first-order valence-electron chi connectivity index (χ1n) is 6.65. The van der Waals surface area contributed by atoms with Gasteiger partial charge in [0.1, 0.15) is 6.04 Å². The van der Waals surface area contributed by atoms with Crippen molar-refractivity contribution in [3.8, 4) is 0 Å². The van der Waals surface area contributed by atoms with E-state index in [1.807, 2.05) is 0 Å². The van der Waals surface area contributed by atoms with Crippen molar-refractivity contribution in [1.29, 1.82) is 0 Å². The van der Waals surface area contributed by atoms with Crippen LogP contribution in [-0.2, 0) is 13.9 Å². The van der Waals surface area contributed by atoms with Crippen molar-refractivity contribution in [3.63, 3.8) is 0 Å². The molecule has 1 unspecified atom stereocenters.